The number of amides is 3. The lowest BCUT2D eigenvalue weighted by Crippen LogP contribution is -2.56. The standard InChI is InChI=1S/C35H45N5O5/c1-21-20-23(14-19-27(21)25-15-17-26(18-16-25)31(36)37)10-9-13-28(29(41)33(43)40-45)32(42)39-30(35(3,4)5)34(44)38-22(2)24-11-7-6-8-12-24/h6-8,11-12,14-20,22,28-30,41,45H,9-10,13H2,1-5H3,(H3,36,37)(H,38,44)(H,39,42)(H,40,43)/t22?,28-,29?,30-/m1/s1. The summed E-state index contributed by atoms with van der Waals surface area (Å²) in [6, 6.07) is 21.7. The molecule has 0 aromatic heterocycles. The van der Waals surface area contributed by atoms with Gasteiger partial charge >= 0.3 is 0 Å². The summed E-state index contributed by atoms with van der Waals surface area (Å²) in [4.78, 5) is 39.1. The number of nitrogens with one attached hydrogen (secondary N) is 4. The maximum atomic E-state index is 13.6. The predicted octanol–water partition coefficient (Wildman–Crippen LogP) is 4.16. The van der Waals surface area contributed by atoms with Crippen molar-refractivity contribution in [3.8, 4) is 11.1 Å². The second kappa shape index (κ2) is 15.5. The molecule has 0 aliphatic heterocycles. The molecular weight excluding hydrogens is 570 g/mol. The summed E-state index contributed by atoms with van der Waals surface area (Å²) in [6.07, 6.45) is -0.660. The molecule has 3 aromatic rings. The third-order valence-electron chi connectivity index (χ3n) is 7.95. The molecule has 3 amide bonds. The van der Waals surface area contributed by atoms with Gasteiger partial charge in [0, 0.05) is 5.56 Å². The first-order valence-electron chi connectivity index (χ1n) is 15.0. The van der Waals surface area contributed by atoms with Gasteiger partial charge in [-0.05, 0) is 66.3 Å². The number of carbonyl (C=O) groups excluding carboxylic acids is 3. The van der Waals surface area contributed by atoms with E-state index in [1.54, 1.807) is 0 Å². The molecule has 0 saturated heterocycles. The summed E-state index contributed by atoms with van der Waals surface area (Å²) in [7, 11) is 0. The van der Waals surface area contributed by atoms with E-state index in [0.29, 0.717) is 18.4 Å². The average molecular weight is 616 g/mol. The van der Waals surface area contributed by atoms with E-state index >= 15 is 0 Å². The zero-order valence-electron chi connectivity index (χ0n) is 26.6. The van der Waals surface area contributed by atoms with Gasteiger partial charge in [0.25, 0.3) is 5.91 Å². The van der Waals surface area contributed by atoms with Gasteiger partial charge in [-0.3, -0.25) is 25.0 Å². The predicted molar refractivity (Wildman–Crippen MR) is 174 cm³/mol. The average Bonchev–Trinajstić information content (AvgIpc) is 3.01. The van der Waals surface area contributed by atoms with Gasteiger partial charge in [0.15, 0.2) is 0 Å². The fourth-order valence-electron chi connectivity index (χ4n) is 5.29. The Morgan fingerprint density at radius 3 is 2.11 bits per heavy atom. The molecule has 0 radical (unpaired) electrons. The van der Waals surface area contributed by atoms with E-state index in [4.69, 9.17) is 16.4 Å². The highest BCUT2D eigenvalue weighted by Crippen LogP contribution is 2.27. The molecule has 4 atom stereocenters. The number of hydroxylamine groups is 1. The van der Waals surface area contributed by atoms with Crippen molar-refractivity contribution in [2.75, 3.05) is 0 Å². The topological polar surface area (TPSA) is 178 Å². The second-order valence-corrected chi connectivity index (χ2v) is 12.5. The Kier molecular flexibility index (Phi) is 12.0. The van der Waals surface area contributed by atoms with E-state index in [2.05, 4.69) is 10.6 Å². The molecule has 0 aliphatic rings. The van der Waals surface area contributed by atoms with Crippen molar-refractivity contribution in [1.82, 2.24) is 16.1 Å². The molecule has 0 spiro atoms. The number of nitrogens with two attached hydrogens (primary N) is 1. The van der Waals surface area contributed by atoms with Crippen molar-refractivity contribution < 1.29 is 24.7 Å². The molecule has 0 aliphatic carbocycles. The van der Waals surface area contributed by atoms with E-state index < -0.39 is 41.2 Å². The highest BCUT2D eigenvalue weighted by molar-refractivity contribution is 5.95. The number of benzene rings is 3. The molecule has 3 aromatic carbocycles. The van der Waals surface area contributed by atoms with Gasteiger partial charge < -0.3 is 21.5 Å². The zero-order valence-corrected chi connectivity index (χ0v) is 26.6. The van der Waals surface area contributed by atoms with Crippen LogP contribution in [0.25, 0.3) is 11.1 Å². The normalized spacial score (nSPS) is 14.0. The number of nitrogen functional groups attached to an aromatic ring is 1. The van der Waals surface area contributed by atoms with Crippen LogP contribution in [0.2, 0.25) is 0 Å². The van der Waals surface area contributed by atoms with E-state index in [-0.39, 0.29) is 18.3 Å². The van der Waals surface area contributed by atoms with Crippen molar-refractivity contribution >= 4 is 23.6 Å². The smallest absolute Gasteiger partial charge is 0.272 e. The summed E-state index contributed by atoms with van der Waals surface area (Å²) in [6.45, 7) is 9.31. The second-order valence-electron chi connectivity index (χ2n) is 12.5. The summed E-state index contributed by atoms with van der Waals surface area (Å²) in [5.41, 5.74) is 12.0. The molecule has 3 rings (SSSR count). The number of aryl methyl sites for hydroxylation is 2. The van der Waals surface area contributed by atoms with Crippen LogP contribution in [-0.2, 0) is 20.8 Å². The fourth-order valence-corrected chi connectivity index (χ4v) is 5.29. The van der Waals surface area contributed by atoms with Crippen molar-refractivity contribution in [2.45, 2.75) is 72.1 Å². The van der Waals surface area contributed by atoms with Crippen LogP contribution < -0.4 is 21.8 Å². The van der Waals surface area contributed by atoms with E-state index in [9.17, 15) is 19.5 Å². The van der Waals surface area contributed by atoms with Crippen molar-refractivity contribution in [3.63, 3.8) is 0 Å². The number of carbonyl (C=O) groups is 3. The van der Waals surface area contributed by atoms with E-state index in [1.807, 2.05) is 107 Å². The van der Waals surface area contributed by atoms with Crippen LogP contribution >= 0.6 is 0 Å². The molecular formula is C35H45N5O5. The van der Waals surface area contributed by atoms with Gasteiger partial charge in [0.05, 0.1) is 12.0 Å². The third-order valence-corrected chi connectivity index (χ3v) is 7.95. The first-order chi connectivity index (χ1) is 21.2. The highest BCUT2D eigenvalue weighted by Gasteiger charge is 2.38. The Morgan fingerprint density at radius 2 is 1.56 bits per heavy atom. The zero-order chi connectivity index (χ0) is 33.3. The maximum absolute atomic E-state index is 13.6. The molecule has 0 fully saturated rings. The van der Waals surface area contributed by atoms with E-state index in [0.717, 1.165) is 27.8 Å². The van der Waals surface area contributed by atoms with Crippen LogP contribution in [0.3, 0.4) is 0 Å². The van der Waals surface area contributed by atoms with Crippen molar-refractivity contribution in [3.05, 3.63) is 95.1 Å². The van der Waals surface area contributed by atoms with Gasteiger partial charge in [0.1, 0.15) is 18.0 Å². The van der Waals surface area contributed by atoms with Crippen molar-refractivity contribution in [1.29, 1.82) is 5.41 Å². The lowest BCUT2D eigenvalue weighted by atomic mass is 9.84. The summed E-state index contributed by atoms with van der Waals surface area (Å²) >= 11 is 0. The summed E-state index contributed by atoms with van der Waals surface area (Å²) in [5.74, 6) is -3.34. The Balaban J connectivity index is 1.72. The van der Waals surface area contributed by atoms with Gasteiger partial charge in [-0.1, -0.05) is 93.6 Å². The minimum Gasteiger partial charge on any atom is -0.384 e. The molecule has 45 heavy (non-hydrogen) atoms. The van der Waals surface area contributed by atoms with Crippen molar-refractivity contribution in [2.24, 2.45) is 17.1 Å². The number of aliphatic hydroxyl groups excluding tert-OH is 1. The Hall–Kier alpha value is -4.54. The van der Waals surface area contributed by atoms with Gasteiger partial charge in [0.2, 0.25) is 11.8 Å². The molecule has 10 heteroatoms. The van der Waals surface area contributed by atoms with Crippen LogP contribution in [0.1, 0.15) is 68.8 Å². The molecule has 240 valence electrons. The number of rotatable bonds is 13. The first kappa shape index (κ1) is 34.9. The monoisotopic (exact) mass is 615 g/mol. The molecule has 0 heterocycles. The quantitative estimate of drug-likeness (QED) is 0.0657. The molecule has 0 saturated carbocycles. The Morgan fingerprint density at radius 1 is 0.911 bits per heavy atom. The van der Waals surface area contributed by atoms with Gasteiger partial charge in [-0.15, -0.1) is 0 Å². The summed E-state index contributed by atoms with van der Waals surface area (Å²) < 4.78 is 0. The number of hydrogen-bond acceptors (Lipinski definition) is 6. The first-order valence-corrected chi connectivity index (χ1v) is 15.0. The van der Waals surface area contributed by atoms with E-state index in [1.165, 1.54) is 5.48 Å². The molecule has 10 nitrogen and oxygen atoms in total. The number of aliphatic hydroxyl groups is 1. The largest absolute Gasteiger partial charge is 0.384 e. The summed E-state index contributed by atoms with van der Waals surface area (Å²) in [5, 5.41) is 33.2. The van der Waals surface area contributed by atoms with Crippen LogP contribution in [0, 0.1) is 23.7 Å². The third kappa shape index (κ3) is 9.47. The lowest BCUT2D eigenvalue weighted by molar-refractivity contribution is -0.147. The van der Waals surface area contributed by atoms with Crippen LogP contribution in [-0.4, -0.2) is 46.0 Å². The lowest BCUT2D eigenvalue weighted by Gasteiger charge is -2.33. The SMILES string of the molecule is Cc1cc(CCC[C@@H](C(=O)N[C@H](C(=O)NC(C)c2ccccc2)C(C)(C)C)C(O)C(=O)NO)ccc1-c1ccc(C(=N)N)cc1. The van der Waals surface area contributed by atoms with Crippen LogP contribution in [0.5, 0.6) is 0 Å². The number of hydrogen-bond donors (Lipinski definition) is 7. The minimum atomic E-state index is -1.82. The minimum absolute atomic E-state index is 0.0112. The van der Waals surface area contributed by atoms with Gasteiger partial charge in [-0.25, -0.2) is 5.48 Å². The molecule has 2 unspecified atom stereocenters. The molecule has 0 bridgehead atoms. The highest BCUT2D eigenvalue weighted by atomic mass is 16.5. The maximum Gasteiger partial charge on any atom is 0.272 e. The Labute approximate surface area is 264 Å². The van der Waals surface area contributed by atoms with Crippen LogP contribution in [0.4, 0.5) is 0 Å². The molecule has 8 N–H and O–H groups in total. The van der Waals surface area contributed by atoms with Crippen LogP contribution in [0.15, 0.2) is 72.8 Å². The Bertz CT molecular complexity index is 1480. The van der Waals surface area contributed by atoms with Gasteiger partial charge in [-0.2, -0.15) is 0 Å². The number of amidine groups is 1. The fraction of sp³-hybridized carbons (Fsp3) is 0.371.